The van der Waals surface area contributed by atoms with Crippen molar-refractivity contribution in [3.05, 3.63) is 54.2 Å². The van der Waals surface area contributed by atoms with Crippen LogP contribution < -0.4 is 16.0 Å². The monoisotopic (exact) mass is 459 g/mol. The Morgan fingerprint density at radius 1 is 1.18 bits per heavy atom. The van der Waals surface area contributed by atoms with Gasteiger partial charge in [-0.2, -0.15) is 0 Å². The van der Waals surface area contributed by atoms with E-state index in [0.717, 1.165) is 37.2 Å². The first kappa shape index (κ1) is 25.6. The summed E-state index contributed by atoms with van der Waals surface area (Å²) < 4.78 is 9.80. The van der Waals surface area contributed by atoms with Crippen molar-refractivity contribution in [2.45, 2.75) is 39.5 Å². The van der Waals surface area contributed by atoms with Crippen molar-refractivity contribution in [3.63, 3.8) is 0 Å². The van der Waals surface area contributed by atoms with Crippen LogP contribution in [0.2, 0.25) is 0 Å². The highest BCUT2D eigenvalue weighted by molar-refractivity contribution is 5.82. The van der Waals surface area contributed by atoms with E-state index in [1.165, 1.54) is 13.5 Å². The summed E-state index contributed by atoms with van der Waals surface area (Å²) in [5.74, 6) is 0.406. The molecule has 10 heteroatoms. The summed E-state index contributed by atoms with van der Waals surface area (Å²) in [5.41, 5.74) is 2.10. The highest BCUT2D eigenvalue weighted by atomic mass is 16.5. The lowest BCUT2D eigenvalue weighted by atomic mass is 10.2. The van der Waals surface area contributed by atoms with E-state index < -0.39 is 6.09 Å². The van der Waals surface area contributed by atoms with Gasteiger partial charge in [-0.15, -0.1) is 0 Å². The number of carbonyl (C=O) groups is 3. The average Bonchev–Trinajstić information content (AvgIpc) is 3.56. The zero-order valence-electron chi connectivity index (χ0n) is 19.4. The van der Waals surface area contributed by atoms with Crippen LogP contribution >= 0.6 is 0 Å². The zero-order chi connectivity index (χ0) is 24.1. The molecule has 10 nitrogen and oxygen atoms in total. The van der Waals surface area contributed by atoms with Crippen LogP contribution in [0.3, 0.4) is 0 Å². The largest absolute Gasteiger partial charge is 0.453 e. The van der Waals surface area contributed by atoms with Gasteiger partial charge in [-0.25, -0.2) is 4.79 Å². The molecule has 1 aromatic rings. The van der Waals surface area contributed by atoms with E-state index in [1.54, 1.807) is 11.1 Å². The quantitative estimate of drug-likeness (QED) is 0.578. The third kappa shape index (κ3) is 8.06. The maximum absolute atomic E-state index is 11.3. The van der Waals surface area contributed by atoms with E-state index in [0.29, 0.717) is 12.3 Å². The first-order chi connectivity index (χ1) is 16.0. The van der Waals surface area contributed by atoms with Gasteiger partial charge in [0.15, 0.2) is 0 Å². The summed E-state index contributed by atoms with van der Waals surface area (Å²) in [7, 11) is 1.27. The fourth-order valence-electron chi connectivity index (χ4n) is 3.15. The van der Waals surface area contributed by atoms with Crippen LogP contribution in [0, 0.1) is 0 Å². The molecule has 3 aliphatic heterocycles. The van der Waals surface area contributed by atoms with Crippen LogP contribution in [0.25, 0.3) is 5.70 Å². The number of fused-ring (bicyclic) bond motifs is 1. The molecule has 0 radical (unpaired) electrons. The minimum atomic E-state index is -0.562. The Morgan fingerprint density at radius 3 is 2.42 bits per heavy atom. The molecule has 3 aliphatic rings. The average molecular weight is 460 g/mol. The number of amides is 3. The molecule has 0 spiro atoms. The van der Waals surface area contributed by atoms with Gasteiger partial charge in [0.25, 0.3) is 6.35 Å². The molecule has 4 rings (SSSR count). The highest BCUT2D eigenvalue weighted by Crippen LogP contribution is 2.26. The smallest absolute Gasteiger partial charge is 0.407 e. The third-order valence-electron chi connectivity index (χ3n) is 4.65. The van der Waals surface area contributed by atoms with Crippen LogP contribution in [0.15, 0.2) is 48.6 Å². The fourth-order valence-corrected chi connectivity index (χ4v) is 3.15. The Morgan fingerprint density at radius 2 is 1.85 bits per heavy atom. The molecule has 0 aromatic heterocycles. The Balaban J connectivity index is 0.000000216. The number of hydrogen-bond acceptors (Lipinski definition) is 7. The molecular formula is C23H33N5O5. The number of nitrogens with zero attached hydrogens (tertiary/aromatic N) is 2. The summed E-state index contributed by atoms with van der Waals surface area (Å²) in [6, 6.07) is 9.99. The molecule has 0 bridgehead atoms. The predicted molar refractivity (Wildman–Crippen MR) is 124 cm³/mol. The Bertz CT molecular complexity index is 837. The number of likely N-dealkylation sites (tertiary alicyclic amines) is 1. The fraction of sp³-hybridized carbons (Fsp3) is 0.435. The van der Waals surface area contributed by atoms with E-state index in [2.05, 4.69) is 34.5 Å². The lowest BCUT2D eigenvalue weighted by molar-refractivity contribution is -0.129. The molecule has 180 valence electrons. The molecule has 1 unspecified atom stereocenters. The minimum Gasteiger partial charge on any atom is -0.453 e. The predicted octanol–water partition coefficient (Wildman–Crippen LogP) is 2.13. The lowest BCUT2D eigenvalue weighted by Crippen LogP contribution is -2.38. The summed E-state index contributed by atoms with van der Waals surface area (Å²) in [4.78, 5) is 35.8. The van der Waals surface area contributed by atoms with Gasteiger partial charge in [0, 0.05) is 19.3 Å². The molecule has 1 saturated heterocycles. The number of methoxy groups -OCH3 is 1. The molecule has 1 fully saturated rings. The van der Waals surface area contributed by atoms with Crippen molar-refractivity contribution in [2.75, 3.05) is 26.7 Å². The van der Waals surface area contributed by atoms with Crippen LogP contribution in [0.5, 0.6) is 0 Å². The van der Waals surface area contributed by atoms with Gasteiger partial charge in [0.2, 0.25) is 18.2 Å². The highest BCUT2D eigenvalue weighted by Gasteiger charge is 2.30. The van der Waals surface area contributed by atoms with Gasteiger partial charge in [-0.1, -0.05) is 50.6 Å². The van der Waals surface area contributed by atoms with E-state index >= 15 is 0 Å². The number of ether oxygens (including phenoxy) is 2. The molecule has 0 saturated carbocycles. The zero-order valence-corrected chi connectivity index (χ0v) is 19.4. The molecule has 1 atom stereocenters. The molecular weight excluding hydrogens is 426 g/mol. The van der Waals surface area contributed by atoms with E-state index in [-0.39, 0.29) is 18.8 Å². The minimum absolute atomic E-state index is 0.0344. The van der Waals surface area contributed by atoms with Crippen LogP contribution in [0.4, 0.5) is 4.79 Å². The van der Waals surface area contributed by atoms with Gasteiger partial charge in [-0.3, -0.25) is 19.8 Å². The summed E-state index contributed by atoms with van der Waals surface area (Å²) >= 11 is 0. The van der Waals surface area contributed by atoms with Crippen molar-refractivity contribution in [1.29, 1.82) is 0 Å². The van der Waals surface area contributed by atoms with Crippen LogP contribution in [-0.4, -0.2) is 61.3 Å². The van der Waals surface area contributed by atoms with E-state index in [1.807, 2.05) is 41.4 Å². The Labute approximate surface area is 194 Å². The lowest BCUT2D eigenvalue weighted by Gasteiger charge is -2.14. The second kappa shape index (κ2) is 13.7. The van der Waals surface area contributed by atoms with Crippen molar-refractivity contribution in [2.24, 2.45) is 0 Å². The maximum Gasteiger partial charge on any atom is 0.407 e. The van der Waals surface area contributed by atoms with E-state index in [9.17, 15) is 14.4 Å². The number of nitrogens with one attached hydrogen (secondary N) is 3. The molecule has 33 heavy (non-hydrogen) atoms. The van der Waals surface area contributed by atoms with Crippen LogP contribution in [-0.2, 0) is 19.1 Å². The van der Waals surface area contributed by atoms with Gasteiger partial charge >= 0.3 is 6.09 Å². The molecule has 3 N–H and O–H groups in total. The first-order valence-electron chi connectivity index (χ1n) is 11.0. The van der Waals surface area contributed by atoms with Gasteiger partial charge in [0.05, 0.1) is 19.0 Å². The molecule has 0 aliphatic carbocycles. The SMILES string of the molecule is CCC.COC(=O)NCC(=O)N1CCCC1.O=CNC1=CN2C=C(c3ccccc3)NC2O1. The number of benzene rings is 1. The van der Waals surface area contributed by atoms with Crippen molar-refractivity contribution < 1.29 is 23.9 Å². The molecule has 3 amide bonds. The number of rotatable bonds is 5. The topological polar surface area (TPSA) is 112 Å². The summed E-state index contributed by atoms with van der Waals surface area (Å²) in [6.07, 6.45) is 6.81. The third-order valence-corrected chi connectivity index (χ3v) is 4.65. The Kier molecular flexibility index (Phi) is 10.6. The number of alkyl carbamates (subject to hydrolysis) is 1. The van der Waals surface area contributed by atoms with Crippen molar-refractivity contribution in [1.82, 2.24) is 25.8 Å². The maximum atomic E-state index is 11.3. The Hall–Kier alpha value is -3.69. The summed E-state index contributed by atoms with van der Waals surface area (Å²) in [5, 5.41) is 8.05. The number of hydrogen-bond donors (Lipinski definition) is 3. The van der Waals surface area contributed by atoms with Crippen LogP contribution in [0.1, 0.15) is 38.7 Å². The second-order valence-corrected chi connectivity index (χ2v) is 7.37. The normalized spacial score (nSPS) is 17.5. The van der Waals surface area contributed by atoms with Gasteiger partial charge in [0.1, 0.15) is 6.54 Å². The number of carbonyl (C=O) groups excluding carboxylic acids is 3. The van der Waals surface area contributed by atoms with Gasteiger partial charge in [-0.05, 0) is 18.4 Å². The summed E-state index contributed by atoms with van der Waals surface area (Å²) in [6.45, 7) is 5.90. The molecule has 3 heterocycles. The second-order valence-electron chi connectivity index (χ2n) is 7.37. The van der Waals surface area contributed by atoms with E-state index in [4.69, 9.17) is 4.74 Å². The molecule has 1 aromatic carbocycles. The first-order valence-corrected chi connectivity index (χ1v) is 11.0. The van der Waals surface area contributed by atoms with Crippen molar-refractivity contribution in [3.8, 4) is 0 Å². The standard InChI is InChI=1S/C12H11N3O2.C8H14N2O3.C3H8/c16-8-13-11-7-15-6-10(14-12(15)17-11)9-4-2-1-3-5-9;1-13-8(12)9-6-7(11)10-4-2-3-5-10;1-3-2/h1-8,12,14H,(H,13,16);2-6H2,1H3,(H,9,12);3H2,1-2H3. The van der Waals surface area contributed by atoms with Gasteiger partial charge < -0.3 is 25.0 Å². The van der Waals surface area contributed by atoms with Crippen molar-refractivity contribution >= 4 is 24.1 Å².